The molecule has 0 spiro atoms. The molecular formula is C17H20N6O. The van der Waals surface area contributed by atoms with E-state index in [1.807, 2.05) is 4.57 Å². The lowest BCUT2D eigenvalue weighted by molar-refractivity contribution is 0.439. The van der Waals surface area contributed by atoms with Gasteiger partial charge < -0.3 is 9.74 Å². The van der Waals surface area contributed by atoms with Gasteiger partial charge in [0, 0.05) is 20.1 Å². The average molecular weight is 324 g/mol. The van der Waals surface area contributed by atoms with Crippen molar-refractivity contribution in [1.82, 2.24) is 19.1 Å². The van der Waals surface area contributed by atoms with Gasteiger partial charge in [-0.3, -0.25) is 9.13 Å². The second-order valence-electron chi connectivity index (χ2n) is 6.18. The highest BCUT2D eigenvalue weighted by atomic mass is 16.1. The molecule has 24 heavy (non-hydrogen) atoms. The summed E-state index contributed by atoms with van der Waals surface area (Å²) in [6, 6.07) is 0. The number of imidazole rings is 1. The molecule has 7 heteroatoms. The van der Waals surface area contributed by atoms with Gasteiger partial charge in [0.05, 0.1) is 6.54 Å². The van der Waals surface area contributed by atoms with Crippen molar-refractivity contribution >= 4 is 23.1 Å². The molecule has 7 nitrogen and oxygen atoms in total. The molecule has 1 saturated heterocycles. The Balaban J connectivity index is 2.24. The topological polar surface area (TPSA) is 60.3 Å². The van der Waals surface area contributed by atoms with Crippen LogP contribution in [0.15, 0.2) is 4.79 Å². The van der Waals surface area contributed by atoms with Crippen LogP contribution >= 0.6 is 0 Å². The van der Waals surface area contributed by atoms with Crippen molar-refractivity contribution in [2.45, 2.75) is 33.2 Å². The summed E-state index contributed by atoms with van der Waals surface area (Å²) in [5.74, 6) is 7.25. The third-order valence-electron chi connectivity index (χ3n) is 4.40. The number of hydrogen-bond donors (Lipinski definition) is 0. The van der Waals surface area contributed by atoms with E-state index in [9.17, 15) is 4.79 Å². The predicted molar refractivity (Wildman–Crippen MR) is 93.1 cm³/mol. The highest BCUT2D eigenvalue weighted by molar-refractivity contribution is 5.75. The summed E-state index contributed by atoms with van der Waals surface area (Å²) < 4.78 is 3.11. The van der Waals surface area contributed by atoms with Crippen LogP contribution in [-0.2, 0) is 13.6 Å². The summed E-state index contributed by atoms with van der Waals surface area (Å²) in [5, 5.41) is 0. The Morgan fingerprint density at radius 3 is 2.88 bits per heavy atom. The number of nitrogens with zero attached hydrogens (tertiary/aromatic N) is 6. The van der Waals surface area contributed by atoms with Crippen molar-refractivity contribution < 1.29 is 0 Å². The van der Waals surface area contributed by atoms with Gasteiger partial charge in [-0.05, 0) is 25.7 Å². The number of piperidine rings is 1. The van der Waals surface area contributed by atoms with E-state index in [1.165, 1.54) is 11.0 Å². The normalized spacial score (nSPS) is 17.4. The standard InChI is InChI=1S/C17H20N6O/c1-5-6-10-23-13-14(19-16(18-3)21(4)15(13)24)20-17(23)22-9-7-8-12(2)11-22/h12H,7-11H2,1-2,4H3. The zero-order chi connectivity index (χ0) is 17.3. The zero-order valence-corrected chi connectivity index (χ0v) is 14.2. The summed E-state index contributed by atoms with van der Waals surface area (Å²) in [6.07, 6.45) is 2.30. The Labute approximate surface area is 140 Å². The summed E-state index contributed by atoms with van der Waals surface area (Å²) in [6.45, 7) is 13.4. The van der Waals surface area contributed by atoms with E-state index in [-0.39, 0.29) is 11.5 Å². The molecule has 1 aliphatic rings. The lowest BCUT2D eigenvalue weighted by atomic mass is 10.0. The van der Waals surface area contributed by atoms with Gasteiger partial charge in [0.2, 0.25) is 11.6 Å². The fourth-order valence-corrected chi connectivity index (χ4v) is 3.16. The maximum Gasteiger partial charge on any atom is 0.343 e. The first kappa shape index (κ1) is 16.1. The molecule has 0 radical (unpaired) electrons. The first-order valence-electron chi connectivity index (χ1n) is 8.06. The monoisotopic (exact) mass is 324 g/mol. The third kappa shape index (κ3) is 2.63. The molecule has 1 atom stereocenters. The summed E-state index contributed by atoms with van der Waals surface area (Å²) >= 11 is 0. The summed E-state index contributed by atoms with van der Waals surface area (Å²) in [4.78, 5) is 27.1. The van der Waals surface area contributed by atoms with Gasteiger partial charge in [-0.25, -0.2) is 4.79 Å². The van der Waals surface area contributed by atoms with Gasteiger partial charge in [0.25, 0.3) is 0 Å². The highest BCUT2D eigenvalue weighted by Crippen LogP contribution is 2.25. The van der Waals surface area contributed by atoms with Crippen LogP contribution in [0.1, 0.15) is 26.7 Å². The molecule has 0 aromatic carbocycles. The Kier molecular flexibility index (Phi) is 4.26. The molecular weight excluding hydrogens is 304 g/mol. The van der Waals surface area contributed by atoms with Crippen molar-refractivity contribution in [3.63, 3.8) is 0 Å². The second-order valence-corrected chi connectivity index (χ2v) is 6.18. The predicted octanol–water partition coefficient (Wildman–Crippen LogP) is 1.94. The average Bonchev–Trinajstić information content (AvgIpc) is 2.94. The Hall–Kier alpha value is -2.80. The molecule has 3 rings (SSSR count). The largest absolute Gasteiger partial charge is 0.396 e. The molecule has 0 N–H and O–H groups in total. The van der Waals surface area contributed by atoms with E-state index >= 15 is 0 Å². The highest BCUT2D eigenvalue weighted by Gasteiger charge is 2.26. The lowest BCUT2D eigenvalue weighted by Crippen LogP contribution is -2.36. The van der Waals surface area contributed by atoms with Crippen molar-refractivity contribution in [1.29, 1.82) is 0 Å². The van der Waals surface area contributed by atoms with E-state index in [0.717, 1.165) is 25.5 Å². The van der Waals surface area contributed by atoms with Gasteiger partial charge in [-0.2, -0.15) is 4.98 Å². The summed E-state index contributed by atoms with van der Waals surface area (Å²) in [5.41, 5.74) is 0.490. The van der Waals surface area contributed by atoms with Gasteiger partial charge in [0.15, 0.2) is 5.52 Å². The van der Waals surface area contributed by atoms with Gasteiger partial charge in [-0.15, -0.1) is 17.5 Å². The summed E-state index contributed by atoms with van der Waals surface area (Å²) in [7, 11) is 1.56. The molecule has 0 amide bonds. The SMILES string of the molecule is [C-]#[N+]c1nc2nc(N3CCCC(C)C3)n(CC#CC)c2c(=O)n1C. The number of fused-ring (bicyclic) bond motifs is 1. The van der Waals surface area contributed by atoms with Crippen molar-refractivity contribution in [2.75, 3.05) is 18.0 Å². The first-order valence-corrected chi connectivity index (χ1v) is 8.06. The minimum atomic E-state index is -0.257. The first-order chi connectivity index (χ1) is 11.6. The fourth-order valence-electron chi connectivity index (χ4n) is 3.16. The minimum Gasteiger partial charge on any atom is -0.396 e. The lowest BCUT2D eigenvalue weighted by Gasteiger charge is -2.31. The van der Waals surface area contributed by atoms with E-state index in [1.54, 1.807) is 14.0 Å². The van der Waals surface area contributed by atoms with Gasteiger partial charge in [0.1, 0.15) is 0 Å². The van der Waals surface area contributed by atoms with Crippen LogP contribution in [0.2, 0.25) is 0 Å². The van der Waals surface area contributed by atoms with Crippen molar-refractivity contribution in [3.05, 3.63) is 21.8 Å². The van der Waals surface area contributed by atoms with Crippen LogP contribution in [-0.4, -0.2) is 32.2 Å². The van der Waals surface area contributed by atoms with E-state index in [4.69, 9.17) is 6.57 Å². The maximum atomic E-state index is 12.7. The molecule has 2 aromatic rings. The van der Waals surface area contributed by atoms with Crippen LogP contribution in [0.25, 0.3) is 16.0 Å². The Morgan fingerprint density at radius 2 is 2.21 bits per heavy atom. The van der Waals surface area contributed by atoms with Crippen LogP contribution in [0.5, 0.6) is 0 Å². The number of hydrogen-bond acceptors (Lipinski definition) is 4. The number of aromatic nitrogens is 4. The van der Waals surface area contributed by atoms with Crippen LogP contribution in [0.3, 0.4) is 0 Å². The number of rotatable bonds is 2. The third-order valence-corrected chi connectivity index (χ3v) is 4.40. The Morgan fingerprint density at radius 1 is 1.42 bits per heavy atom. The molecule has 0 aliphatic carbocycles. The van der Waals surface area contributed by atoms with Crippen LogP contribution < -0.4 is 10.5 Å². The van der Waals surface area contributed by atoms with Gasteiger partial charge in [-0.1, -0.05) is 12.8 Å². The quantitative estimate of drug-likeness (QED) is 0.626. The zero-order valence-electron chi connectivity index (χ0n) is 14.2. The molecule has 2 aromatic heterocycles. The van der Waals surface area contributed by atoms with Crippen molar-refractivity contribution in [2.24, 2.45) is 13.0 Å². The van der Waals surface area contributed by atoms with Crippen molar-refractivity contribution in [3.8, 4) is 11.8 Å². The maximum absolute atomic E-state index is 12.7. The van der Waals surface area contributed by atoms with Crippen LogP contribution in [0, 0.1) is 24.3 Å². The molecule has 1 aliphatic heterocycles. The molecule has 1 fully saturated rings. The molecule has 3 heterocycles. The number of anilines is 1. The molecule has 0 bridgehead atoms. The second kappa shape index (κ2) is 6.37. The van der Waals surface area contributed by atoms with Gasteiger partial charge >= 0.3 is 11.5 Å². The van der Waals surface area contributed by atoms with E-state index in [2.05, 4.69) is 38.5 Å². The smallest absolute Gasteiger partial charge is 0.343 e. The Bertz CT molecular complexity index is 936. The van der Waals surface area contributed by atoms with Crippen LogP contribution in [0.4, 0.5) is 11.9 Å². The minimum absolute atomic E-state index is 0.0530. The van der Waals surface area contributed by atoms with E-state index < -0.39 is 0 Å². The fraction of sp³-hybridized carbons (Fsp3) is 0.529. The van der Waals surface area contributed by atoms with E-state index in [0.29, 0.717) is 23.6 Å². The molecule has 1 unspecified atom stereocenters. The molecule has 0 saturated carbocycles. The molecule has 124 valence electrons.